The second-order valence-electron chi connectivity index (χ2n) is 14.4. The molecule has 256 valence electrons. The fourth-order valence-electron chi connectivity index (χ4n) is 6.09. The first kappa shape index (κ1) is 32.8. The van der Waals surface area contributed by atoms with Crippen molar-refractivity contribution < 1.29 is 28.5 Å². The quantitative estimate of drug-likeness (QED) is 0.322. The first-order chi connectivity index (χ1) is 22.8. The largest absolute Gasteiger partial charge is 0.450 e. The van der Waals surface area contributed by atoms with Crippen LogP contribution in [0.4, 0.5) is 9.59 Å². The van der Waals surface area contributed by atoms with Gasteiger partial charge in [-0.2, -0.15) is 0 Å². The maximum atomic E-state index is 12.8. The zero-order valence-electron chi connectivity index (χ0n) is 28.1. The number of hydrogen-bond acceptors (Lipinski definition) is 12. The van der Waals surface area contributed by atoms with E-state index in [1.54, 1.807) is 33.3 Å². The van der Waals surface area contributed by atoms with Crippen molar-refractivity contribution in [3.63, 3.8) is 0 Å². The molecule has 14 heteroatoms. The van der Waals surface area contributed by atoms with E-state index in [1.165, 1.54) is 0 Å². The second-order valence-corrected chi connectivity index (χ2v) is 16.4. The summed E-state index contributed by atoms with van der Waals surface area (Å²) in [6.45, 7) is 12.4. The van der Waals surface area contributed by atoms with Crippen LogP contribution in [0.25, 0.3) is 0 Å². The molecule has 0 aliphatic carbocycles. The third-order valence-electron chi connectivity index (χ3n) is 8.36. The number of aliphatic imine (C=N–C) groups is 2. The molecule has 2 N–H and O–H groups in total. The summed E-state index contributed by atoms with van der Waals surface area (Å²) in [5, 5.41) is 7.09. The molecular weight excluding hydrogens is 653 g/mol. The zero-order valence-corrected chi connectivity index (χ0v) is 29.7. The van der Waals surface area contributed by atoms with Crippen molar-refractivity contribution in [1.29, 1.82) is 0 Å². The Morgan fingerprint density at radius 1 is 0.708 bits per heavy atom. The lowest BCUT2D eigenvalue weighted by atomic mass is 10.0. The minimum absolute atomic E-state index is 0.0455. The first-order valence-corrected chi connectivity index (χ1v) is 18.5. The molecule has 5 aliphatic rings. The maximum absolute atomic E-state index is 12.8. The fourth-order valence-corrected chi connectivity index (χ4v) is 8.38. The number of ether oxygens (including phenoxy) is 4. The van der Waals surface area contributed by atoms with E-state index in [1.807, 2.05) is 77.9 Å². The van der Waals surface area contributed by atoms with Crippen molar-refractivity contribution >= 4 is 47.4 Å². The van der Waals surface area contributed by atoms with Crippen LogP contribution in [-0.4, -0.2) is 93.3 Å². The molecule has 0 spiro atoms. The van der Waals surface area contributed by atoms with E-state index in [2.05, 4.69) is 10.6 Å². The lowest BCUT2D eigenvalue weighted by molar-refractivity contribution is 0.0267. The van der Waals surface area contributed by atoms with Crippen LogP contribution in [0.5, 0.6) is 23.0 Å². The number of nitrogens with zero attached hydrogens (tertiary/aromatic N) is 4. The Bertz CT molecular complexity index is 1550. The minimum Gasteiger partial charge on any atom is -0.450 e. The Labute approximate surface area is 289 Å². The van der Waals surface area contributed by atoms with Crippen molar-refractivity contribution in [3.05, 3.63) is 47.5 Å². The highest BCUT2D eigenvalue weighted by molar-refractivity contribution is 7.99. The van der Waals surface area contributed by atoms with Gasteiger partial charge in [0.15, 0.2) is 23.0 Å². The van der Waals surface area contributed by atoms with Crippen molar-refractivity contribution in [3.8, 4) is 23.0 Å². The third kappa shape index (κ3) is 6.87. The molecule has 5 aliphatic heterocycles. The van der Waals surface area contributed by atoms with Gasteiger partial charge in [0.05, 0.1) is 36.9 Å². The van der Waals surface area contributed by atoms with E-state index in [-0.39, 0.29) is 36.4 Å². The molecule has 2 aromatic carbocycles. The topological polar surface area (TPSA) is 126 Å². The van der Waals surface area contributed by atoms with Crippen LogP contribution in [0.15, 0.2) is 46.4 Å². The fraction of sp³-hybridized carbons (Fsp3) is 0.529. The van der Waals surface area contributed by atoms with Crippen molar-refractivity contribution in [2.24, 2.45) is 9.98 Å². The predicted octanol–water partition coefficient (Wildman–Crippen LogP) is 6.29. The summed E-state index contributed by atoms with van der Waals surface area (Å²) in [4.78, 5) is 38.7. The van der Waals surface area contributed by atoms with Gasteiger partial charge in [-0.25, -0.2) is 9.59 Å². The van der Waals surface area contributed by atoms with Gasteiger partial charge in [0.2, 0.25) is 0 Å². The molecule has 0 aromatic heterocycles. The van der Waals surface area contributed by atoms with Gasteiger partial charge in [-0.1, -0.05) is 12.1 Å². The number of rotatable bonds is 4. The van der Waals surface area contributed by atoms with E-state index < -0.39 is 11.2 Å². The number of benzene rings is 2. The van der Waals surface area contributed by atoms with Gasteiger partial charge in [0.25, 0.3) is 0 Å². The summed E-state index contributed by atoms with van der Waals surface area (Å²) in [7, 11) is 0. The van der Waals surface area contributed by atoms with Gasteiger partial charge in [0.1, 0.15) is 35.0 Å². The van der Waals surface area contributed by atoms with Crippen LogP contribution in [0.3, 0.4) is 0 Å². The molecule has 0 bridgehead atoms. The maximum Gasteiger partial charge on any atom is 0.411 e. The highest BCUT2D eigenvalue weighted by Crippen LogP contribution is 2.47. The van der Waals surface area contributed by atoms with Crippen molar-refractivity contribution in [2.75, 3.05) is 36.3 Å². The molecule has 0 radical (unpaired) electrons. The highest BCUT2D eigenvalue weighted by Gasteiger charge is 2.40. The normalized spacial score (nSPS) is 24.8. The van der Waals surface area contributed by atoms with Crippen LogP contribution in [-0.2, 0) is 9.47 Å². The molecule has 2 aromatic rings. The summed E-state index contributed by atoms with van der Waals surface area (Å²) in [5.41, 5.74) is 0.938. The zero-order chi connectivity index (χ0) is 33.8. The van der Waals surface area contributed by atoms with Gasteiger partial charge in [-0.3, -0.25) is 19.8 Å². The molecule has 12 nitrogen and oxygen atoms in total. The van der Waals surface area contributed by atoms with Gasteiger partial charge >= 0.3 is 12.2 Å². The summed E-state index contributed by atoms with van der Waals surface area (Å²) >= 11 is 3.39. The Balaban J connectivity index is 0.974. The summed E-state index contributed by atoms with van der Waals surface area (Å²) < 4.78 is 23.9. The summed E-state index contributed by atoms with van der Waals surface area (Å²) in [6.07, 6.45) is -0.637. The van der Waals surface area contributed by atoms with E-state index in [4.69, 9.17) is 28.9 Å². The summed E-state index contributed by atoms with van der Waals surface area (Å²) in [6, 6.07) is 11.5. The highest BCUT2D eigenvalue weighted by atomic mass is 32.2. The number of nitrogens with one attached hydrogen (secondary N) is 2. The van der Waals surface area contributed by atoms with Crippen molar-refractivity contribution in [2.45, 2.75) is 76.9 Å². The Morgan fingerprint density at radius 3 is 1.52 bits per heavy atom. The number of amidine groups is 2. The molecule has 5 heterocycles. The number of fused-ring (bicyclic) bond motifs is 2. The van der Waals surface area contributed by atoms with Crippen molar-refractivity contribution in [1.82, 2.24) is 20.4 Å². The standard InChI is InChI=1S/C34H42N6O6S2/c1-33(2,3)45-31(41)39-17-47-15-23(39)29-35-13-21(37-29)19-7-9-25-27(11-19)43-26-10-8-20(12-28(26)44-25)22-14-36-30(38-22)24-16-48-18-40(24)32(42)46-34(4,5)6/h7-12,21-24H,13-18H2,1-6H3,(H,35,37)(H,36,38)/t21?,22?,23-,24-/m0/s1. The van der Waals surface area contributed by atoms with Crippen LogP contribution in [0.2, 0.25) is 0 Å². The van der Waals surface area contributed by atoms with Crippen LogP contribution in [0, 0.1) is 0 Å². The predicted molar refractivity (Wildman–Crippen MR) is 188 cm³/mol. The van der Waals surface area contributed by atoms with E-state index in [9.17, 15) is 9.59 Å². The molecule has 7 rings (SSSR count). The monoisotopic (exact) mass is 694 g/mol. The first-order valence-electron chi connectivity index (χ1n) is 16.2. The number of carbonyl (C=O) groups excluding carboxylic acids is 2. The molecule has 2 unspecified atom stereocenters. The molecule has 2 saturated heterocycles. The second kappa shape index (κ2) is 12.6. The van der Waals surface area contributed by atoms with Gasteiger partial charge in [-0.05, 0) is 76.9 Å². The van der Waals surface area contributed by atoms with Crippen LogP contribution < -0.4 is 20.1 Å². The number of thioether (sulfide) groups is 2. The Morgan fingerprint density at radius 2 is 1.12 bits per heavy atom. The SMILES string of the molecule is CC(C)(C)OC(=O)N1CSC[C@H]1C1=NCC(c2ccc3c(c2)Oc2ccc(C4CN=C([C@@H]5CSCN5C(=O)OC(C)(C)C)N4)cc2O3)N1. The minimum atomic E-state index is -0.555. The van der Waals surface area contributed by atoms with E-state index >= 15 is 0 Å². The lowest BCUT2D eigenvalue weighted by Gasteiger charge is -2.28. The van der Waals surface area contributed by atoms with E-state index in [0.717, 1.165) is 34.3 Å². The molecule has 2 amide bonds. The molecule has 48 heavy (non-hydrogen) atoms. The molecule has 0 saturated carbocycles. The Hall–Kier alpha value is -3.78. The lowest BCUT2D eigenvalue weighted by Crippen LogP contribution is -2.47. The van der Waals surface area contributed by atoms with Crippen LogP contribution >= 0.6 is 23.5 Å². The third-order valence-corrected chi connectivity index (χ3v) is 10.4. The average Bonchev–Trinajstić information content (AvgIpc) is 3.83. The Kier molecular flexibility index (Phi) is 8.59. The smallest absolute Gasteiger partial charge is 0.411 e. The average molecular weight is 695 g/mol. The number of carbonyl (C=O) groups is 2. The van der Waals surface area contributed by atoms with Gasteiger partial charge in [0, 0.05) is 11.5 Å². The van der Waals surface area contributed by atoms with Crippen LogP contribution in [0.1, 0.15) is 64.8 Å². The van der Waals surface area contributed by atoms with E-state index in [0.29, 0.717) is 47.8 Å². The summed E-state index contributed by atoms with van der Waals surface area (Å²) in [5.74, 6) is 6.86. The molecule has 4 atom stereocenters. The molecule has 2 fully saturated rings. The number of hydrogen-bond donors (Lipinski definition) is 2. The van der Waals surface area contributed by atoms with Gasteiger partial charge in [-0.15, -0.1) is 23.5 Å². The molecular formula is C34H42N6O6S2. The van der Waals surface area contributed by atoms with Gasteiger partial charge < -0.3 is 29.6 Å². The number of amides is 2.